The molecule has 0 atom stereocenters. The molecule has 2 nitrogen and oxygen atoms in total. The van der Waals surface area contributed by atoms with Crippen LogP contribution in [0.2, 0.25) is 0 Å². The van der Waals surface area contributed by atoms with E-state index in [2.05, 4.69) is 5.32 Å². The number of rotatable bonds is 0. The summed E-state index contributed by atoms with van der Waals surface area (Å²) in [6, 6.07) is 0. The molecule has 0 bridgehead atoms. The summed E-state index contributed by atoms with van der Waals surface area (Å²) in [4.78, 5) is 0.913. The summed E-state index contributed by atoms with van der Waals surface area (Å²) in [6.07, 6.45) is 3.36. The molecule has 0 aromatic carbocycles. The van der Waals surface area contributed by atoms with Gasteiger partial charge in [0.25, 0.3) is 0 Å². The Morgan fingerprint density at radius 1 is 1.50 bits per heavy atom. The van der Waals surface area contributed by atoms with Gasteiger partial charge in [0.05, 0.1) is 4.99 Å². The zero-order valence-electron chi connectivity index (χ0n) is 4.64. The molecule has 0 radical (unpaired) electrons. The second-order valence-corrected chi connectivity index (χ2v) is 2.55. The van der Waals surface area contributed by atoms with E-state index in [9.17, 15) is 4.21 Å². The summed E-state index contributed by atoms with van der Waals surface area (Å²) in [7, 11) is 0. The van der Waals surface area contributed by atoms with Crippen LogP contribution >= 0.6 is 0 Å². The predicted octanol–water partition coefficient (Wildman–Crippen LogP) is 0.103. The van der Waals surface area contributed by atoms with Gasteiger partial charge in [-0.05, 0) is 19.3 Å². The second kappa shape index (κ2) is 2.99. The summed E-state index contributed by atoms with van der Waals surface area (Å²) in [5, 5.41) is 3.04. The third-order valence-electron chi connectivity index (χ3n) is 1.25. The van der Waals surface area contributed by atoms with E-state index < -0.39 is 0 Å². The van der Waals surface area contributed by atoms with E-state index in [1.54, 1.807) is 0 Å². The van der Waals surface area contributed by atoms with E-state index in [4.69, 9.17) is 0 Å². The molecule has 0 aromatic heterocycles. The maximum atomic E-state index is 10.1. The standard InChI is InChI=1S/C5H9NOS/c7-8-5-3-1-2-4-6-5/h6H,1-4H2. The number of hydrogen-bond acceptors (Lipinski definition) is 1. The molecule has 0 saturated carbocycles. The molecule has 0 spiro atoms. The van der Waals surface area contributed by atoms with E-state index >= 15 is 0 Å². The van der Waals surface area contributed by atoms with Gasteiger partial charge in [-0.1, -0.05) is 0 Å². The number of piperidine rings is 1. The van der Waals surface area contributed by atoms with Crippen LogP contribution in [-0.4, -0.2) is 15.7 Å². The normalized spacial score (nSPS) is 20.8. The lowest BCUT2D eigenvalue weighted by molar-refractivity contribution is 0.673. The molecular formula is C5H9NOS. The third kappa shape index (κ3) is 1.42. The van der Waals surface area contributed by atoms with E-state index in [0.717, 1.165) is 18.0 Å². The average molecular weight is 131 g/mol. The molecule has 0 unspecified atom stereocenters. The number of hydrogen-bond donors (Lipinski definition) is 1. The molecule has 1 saturated heterocycles. The highest BCUT2D eigenvalue weighted by molar-refractivity contribution is 7.66. The van der Waals surface area contributed by atoms with Crippen LogP contribution in [0.15, 0.2) is 0 Å². The van der Waals surface area contributed by atoms with E-state index in [-0.39, 0.29) is 0 Å². The van der Waals surface area contributed by atoms with Gasteiger partial charge in [0.2, 0.25) is 0 Å². The molecule has 1 aliphatic heterocycles. The van der Waals surface area contributed by atoms with Crippen LogP contribution in [0, 0.1) is 0 Å². The molecule has 0 amide bonds. The van der Waals surface area contributed by atoms with Gasteiger partial charge in [-0.15, -0.1) is 0 Å². The van der Waals surface area contributed by atoms with Crippen molar-refractivity contribution < 1.29 is 4.21 Å². The molecule has 46 valence electrons. The lowest BCUT2D eigenvalue weighted by Crippen LogP contribution is -2.28. The highest BCUT2D eigenvalue weighted by atomic mass is 32.1. The first kappa shape index (κ1) is 5.98. The first-order valence-corrected chi connectivity index (χ1v) is 3.57. The molecule has 8 heavy (non-hydrogen) atoms. The smallest absolute Gasteiger partial charge is 0.104 e. The second-order valence-electron chi connectivity index (χ2n) is 1.89. The molecule has 0 aromatic rings. The monoisotopic (exact) mass is 131 g/mol. The van der Waals surface area contributed by atoms with Crippen LogP contribution < -0.4 is 5.32 Å². The summed E-state index contributed by atoms with van der Waals surface area (Å²) in [5.41, 5.74) is 0. The average Bonchev–Trinajstić information content (AvgIpc) is 1.90. The SMILES string of the molecule is O=S=C1CCCCN1. The van der Waals surface area contributed by atoms with Crippen molar-refractivity contribution in [1.82, 2.24) is 5.32 Å². The summed E-state index contributed by atoms with van der Waals surface area (Å²) in [6.45, 7) is 0.991. The van der Waals surface area contributed by atoms with Crippen molar-refractivity contribution in [3.63, 3.8) is 0 Å². The zero-order chi connectivity index (χ0) is 5.82. The predicted molar refractivity (Wildman–Crippen MR) is 35.0 cm³/mol. The highest BCUT2D eigenvalue weighted by Crippen LogP contribution is 1.99. The summed E-state index contributed by atoms with van der Waals surface area (Å²) in [5.74, 6) is 0. The van der Waals surface area contributed by atoms with E-state index in [0.29, 0.717) is 11.3 Å². The maximum absolute atomic E-state index is 10.1. The Bertz CT molecular complexity index is 120. The van der Waals surface area contributed by atoms with Crippen molar-refractivity contribution in [3.05, 3.63) is 0 Å². The fraction of sp³-hybridized carbons (Fsp3) is 0.800. The largest absolute Gasteiger partial charge is 0.281 e. The van der Waals surface area contributed by atoms with Crippen LogP contribution in [0.3, 0.4) is 0 Å². The van der Waals surface area contributed by atoms with Crippen LogP contribution in [0.25, 0.3) is 0 Å². The fourth-order valence-electron chi connectivity index (χ4n) is 0.798. The lowest BCUT2D eigenvalue weighted by atomic mass is 10.2. The maximum Gasteiger partial charge on any atom is 0.104 e. The molecule has 1 aliphatic rings. The summed E-state index contributed by atoms with van der Waals surface area (Å²) >= 11 is 0.601. The van der Waals surface area contributed by atoms with E-state index in [1.807, 2.05) is 0 Å². The van der Waals surface area contributed by atoms with Gasteiger partial charge >= 0.3 is 0 Å². The Balaban J connectivity index is 2.45. The first-order chi connectivity index (χ1) is 3.93. The van der Waals surface area contributed by atoms with Crippen LogP contribution in [0.5, 0.6) is 0 Å². The molecular weight excluding hydrogens is 122 g/mol. The first-order valence-electron chi connectivity index (χ1n) is 2.83. The minimum Gasteiger partial charge on any atom is -0.281 e. The van der Waals surface area contributed by atoms with Gasteiger partial charge in [0, 0.05) is 6.54 Å². The van der Waals surface area contributed by atoms with Crippen LogP contribution in [-0.2, 0) is 11.3 Å². The minimum absolute atomic E-state index is 0.601. The molecule has 1 fully saturated rings. The van der Waals surface area contributed by atoms with Gasteiger partial charge in [-0.2, -0.15) is 0 Å². The molecule has 1 rings (SSSR count). The van der Waals surface area contributed by atoms with Crippen molar-refractivity contribution >= 4 is 16.2 Å². The topological polar surface area (TPSA) is 29.1 Å². The third-order valence-corrected chi connectivity index (χ3v) is 1.80. The minimum atomic E-state index is 0.601. The Morgan fingerprint density at radius 2 is 2.38 bits per heavy atom. The van der Waals surface area contributed by atoms with Crippen molar-refractivity contribution in [1.29, 1.82) is 0 Å². The molecule has 0 aliphatic carbocycles. The van der Waals surface area contributed by atoms with E-state index in [1.165, 1.54) is 12.8 Å². The molecule has 3 heteroatoms. The summed E-state index contributed by atoms with van der Waals surface area (Å²) < 4.78 is 10.1. The van der Waals surface area contributed by atoms with Crippen LogP contribution in [0.4, 0.5) is 0 Å². The Hall–Kier alpha value is -0.150. The van der Waals surface area contributed by atoms with Gasteiger partial charge in [0.15, 0.2) is 0 Å². The van der Waals surface area contributed by atoms with Crippen molar-refractivity contribution in [2.75, 3.05) is 6.54 Å². The Morgan fingerprint density at radius 3 is 2.75 bits per heavy atom. The highest BCUT2D eigenvalue weighted by Gasteiger charge is 2.02. The van der Waals surface area contributed by atoms with Crippen molar-refractivity contribution in [2.45, 2.75) is 19.3 Å². The fourth-order valence-corrected chi connectivity index (χ4v) is 1.19. The van der Waals surface area contributed by atoms with Gasteiger partial charge in [-0.3, -0.25) is 5.32 Å². The zero-order valence-corrected chi connectivity index (χ0v) is 5.46. The molecule has 1 N–H and O–H groups in total. The number of nitrogens with one attached hydrogen (secondary N) is 1. The van der Waals surface area contributed by atoms with Crippen molar-refractivity contribution in [3.8, 4) is 0 Å². The van der Waals surface area contributed by atoms with Crippen molar-refractivity contribution in [2.24, 2.45) is 0 Å². The molecule has 1 heterocycles. The Labute approximate surface area is 52.4 Å². The van der Waals surface area contributed by atoms with Crippen LogP contribution in [0.1, 0.15) is 19.3 Å². The van der Waals surface area contributed by atoms with Gasteiger partial charge < -0.3 is 0 Å². The quantitative estimate of drug-likeness (QED) is 0.472. The lowest BCUT2D eigenvalue weighted by Gasteiger charge is -2.10. The van der Waals surface area contributed by atoms with Gasteiger partial charge in [0.1, 0.15) is 11.3 Å². The Kier molecular flexibility index (Phi) is 2.24. The van der Waals surface area contributed by atoms with Gasteiger partial charge in [-0.25, -0.2) is 4.21 Å².